The van der Waals surface area contributed by atoms with Crippen LogP contribution < -0.4 is 5.32 Å². The highest BCUT2D eigenvalue weighted by Crippen LogP contribution is 2.31. The second-order valence-electron chi connectivity index (χ2n) is 4.13. The van der Waals surface area contributed by atoms with Gasteiger partial charge in [0.1, 0.15) is 15.8 Å². The molecule has 0 aliphatic rings. The second kappa shape index (κ2) is 7.07. The lowest BCUT2D eigenvalue weighted by Gasteiger charge is -2.00. The van der Waals surface area contributed by atoms with E-state index in [1.807, 2.05) is 0 Å². The first-order valence-corrected chi connectivity index (χ1v) is 7.80. The lowest BCUT2D eigenvalue weighted by molar-refractivity contribution is 0.628. The number of benzene rings is 1. The Bertz CT molecular complexity index is 544. The van der Waals surface area contributed by atoms with Crippen LogP contribution in [0.1, 0.15) is 18.4 Å². The average Bonchev–Trinajstić information content (AvgIpc) is 2.86. The molecule has 0 atom stereocenters. The van der Waals surface area contributed by atoms with Crippen molar-refractivity contribution in [3.63, 3.8) is 0 Å². The highest BCUT2D eigenvalue weighted by atomic mass is 79.9. The van der Waals surface area contributed by atoms with Crippen molar-refractivity contribution in [3.05, 3.63) is 33.5 Å². The summed E-state index contributed by atoms with van der Waals surface area (Å²) < 4.78 is 14.1. The van der Waals surface area contributed by atoms with Crippen LogP contribution in [-0.4, -0.2) is 23.3 Å². The van der Waals surface area contributed by atoms with E-state index in [-0.39, 0.29) is 5.82 Å². The lowest BCUT2D eigenvalue weighted by atomic mass is 10.2. The quantitative estimate of drug-likeness (QED) is 0.813. The molecule has 0 fully saturated rings. The Morgan fingerprint density at radius 2 is 2.16 bits per heavy atom. The van der Waals surface area contributed by atoms with Crippen LogP contribution >= 0.6 is 27.3 Å². The predicted molar refractivity (Wildman–Crippen MR) is 79.9 cm³/mol. The maximum atomic E-state index is 13.3. The minimum absolute atomic E-state index is 0.264. The molecule has 0 bridgehead atoms. The molecule has 3 nitrogen and oxygen atoms in total. The summed E-state index contributed by atoms with van der Waals surface area (Å²) in [5.41, 5.74) is 0.755. The van der Waals surface area contributed by atoms with Gasteiger partial charge in [0.05, 0.1) is 0 Å². The lowest BCUT2D eigenvalue weighted by Crippen LogP contribution is -2.17. The number of hydrogen-bond donors (Lipinski definition) is 1. The summed E-state index contributed by atoms with van der Waals surface area (Å²) >= 11 is 4.92. The Morgan fingerprint density at radius 3 is 2.95 bits per heavy atom. The van der Waals surface area contributed by atoms with Crippen LogP contribution in [0.25, 0.3) is 10.6 Å². The van der Waals surface area contributed by atoms with Crippen molar-refractivity contribution >= 4 is 27.3 Å². The van der Waals surface area contributed by atoms with Crippen molar-refractivity contribution in [2.75, 3.05) is 13.1 Å². The van der Waals surface area contributed by atoms with Crippen molar-refractivity contribution in [1.29, 1.82) is 0 Å². The van der Waals surface area contributed by atoms with E-state index in [0.29, 0.717) is 0 Å². The number of hydrogen-bond acceptors (Lipinski definition) is 4. The fraction of sp³-hybridized carbons (Fsp3) is 0.385. The minimum Gasteiger partial charge on any atom is -0.316 e. The van der Waals surface area contributed by atoms with Crippen molar-refractivity contribution < 1.29 is 4.39 Å². The van der Waals surface area contributed by atoms with Crippen LogP contribution in [0.5, 0.6) is 0 Å². The monoisotopic (exact) mass is 343 g/mol. The van der Waals surface area contributed by atoms with Crippen LogP contribution in [0.4, 0.5) is 4.39 Å². The summed E-state index contributed by atoms with van der Waals surface area (Å²) in [6.07, 6.45) is 1.97. The van der Waals surface area contributed by atoms with Gasteiger partial charge in [-0.05, 0) is 31.2 Å². The third-order valence-electron chi connectivity index (χ3n) is 2.57. The van der Waals surface area contributed by atoms with Crippen molar-refractivity contribution in [1.82, 2.24) is 15.5 Å². The van der Waals surface area contributed by atoms with Gasteiger partial charge in [0.25, 0.3) is 0 Å². The predicted octanol–water partition coefficient (Wildman–Crippen LogP) is 3.65. The molecule has 19 heavy (non-hydrogen) atoms. The van der Waals surface area contributed by atoms with Crippen LogP contribution in [0.3, 0.4) is 0 Å². The highest BCUT2D eigenvalue weighted by Gasteiger charge is 2.10. The van der Waals surface area contributed by atoms with Gasteiger partial charge in [0.2, 0.25) is 0 Å². The molecular weight excluding hydrogens is 329 g/mol. The third kappa shape index (κ3) is 4.06. The maximum Gasteiger partial charge on any atom is 0.149 e. The van der Waals surface area contributed by atoms with Crippen LogP contribution in [-0.2, 0) is 6.42 Å². The summed E-state index contributed by atoms with van der Waals surface area (Å²) in [5.74, 6) is -0.264. The van der Waals surface area contributed by atoms with Gasteiger partial charge in [0.15, 0.2) is 0 Å². The highest BCUT2D eigenvalue weighted by molar-refractivity contribution is 9.10. The summed E-state index contributed by atoms with van der Waals surface area (Å²) in [7, 11) is 0. The van der Waals surface area contributed by atoms with E-state index in [1.165, 1.54) is 23.5 Å². The molecule has 0 aliphatic carbocycles. The van der Waals surface area contributed by atoms with E-state index in [4.69, 9.17) is 0 Å². The van der Waals surface area contributed by atoms with E-state index in [1.54, 1.807) is 6.07 Å². The topological polar surface area (TPSA) is 37.8 Å². The molecule has 1 heterocycles. The number of halogens is 2. The molecule has 1 aromatic carbocycles. The van der Waals surface area contributed by atoms with E-state index in [0.717, 1.165) is 46.0 Å². The van der Waals surface area contributed by atoms with E-state index >= 15 is 0 Å². The second-order valence-corrected chi connectivity index (χ2v) is 6.04. The Morgan fingerprint density at radius 1 is 1.32 bits per heavy atom. The van der Waals surface area contributed by atoms with Crippen molar-refractivity contribution in [2.45, 2.75) is 19.8 Å². The van der Waals surface area contributed by atoms with Gasteiger partial charge in [-0.25, -0.2) is 4.39 Å². The molecule has 1 aromatic heterocycles. The van der Waals surface area contributed by atoms with Crippen LogP contribution in [0, 0.1) is 5.82 Å². The van der Waals surface area contributed by atoms with Gasteiger partial charge in [-0.1, -0.05) is 34.2 Å². The van der Waals surface area contributed by atoms with E-state index < -0.39 is 0 Å². The fourth-order valence-corrected chi connectivity index (χ4v) is 3.06. The Labute approximate surface area is 124 Å². The van der Waals surface area contributed by atoms with Gasteiger partial charge >= 0.3 is 0 Å². The number of aromatic nitrogens is 2. The standard InChI is InChI=1S/C13H15BrFN3S/c1-2-6-16-7-5-12-17-18-13(19-12)10-8-9(15)3-4-11(10)14/h3-4,8,16H,2,5-7H2,1H3. The van der Waals surface area contributed by atoms with Gasteiger partial charge in [-0.2, -0.15) is 0 Å². The zero-order chi connectivity index (χ0) is 13.7. The molecule has 0 amide bonds. The van der Waals surface area contributed by atoms with E-state index in [2.05, 4.69) is 38.4 Å². The van der Waals surface area contributed by atoms with Crippen molar-refractivity contribution in [3.8, 4) is 10.6 Å². The number of nitrogens with zero attached hydrogens (tertiary/aromatic N) is 2. The van der Waals surface area contributed by atoms with Crippen LogP contribution in [0.15, 0.2) is 22.7 Å². The molecule has 2 rings (SSSR count). The molecule has 0 unspecified atom stereocenters. The molecule has 6 heteroatoms. The van der Waals surface area contributed by atoms with Gasteiger partial charge in [0, 0.05) is 23.0 Å². The molecule has 1 N–H and O–H groups in total. The number of nitrogens with one attached hydrogen (secondary N) is 1. The van der Waals surface area contributed by atoms with E-state index in [9.17, 15) is 4.39 Å². The molecule has 0 aliphatic heterocycles. The molecular formula is C13H15BrFN3S. The normalized spacial score (nSPS) is 10.9. The third-order valence-corrected chi connectivity index (χ3v) is 4.28. The zero-order valence-corrected chi connectivity index (χ0v) is 13.0. The fourth-order valence-electron chi connectivity index (χ4n) is 1.62. The summed E-state index contributed by atoms with van der Waals surface area (Å²) in [6, 6.07) is 4.59. The van der Waals surface area contributed by atoms with Gasteiger partial charge in [-0.3, -0.25) is 0 Å². The molecule has 102 valence electrons. The Hall–Kier alpha value is -0.850. The first-order valence-electron chi connectivity index (χ1n) is 6.19. The van der Waals surface area contributed by atoms with Crippen LogP contribution in [0.2, 0.25) is 0 Å². The van der Waals surface area contributed by atoms with Crippen molar-refractivity contribution in [2.24, 2.45) is 0 Å². The summed E-state index contributed by atoms with van der Waals surface area (Å²) in [6.45, 7) is 4.05. The largest absolute Gasteiger partial charge is 0.316 e. The maximum absolute atomic E-state index is 13.3. The summed E-state index contributed by atoms with van der Waals surface area (Å²) in [5, 5.41) is 13.3. The Kier molecular flexibility index (Phi) is 5.42. The smallest absolute Gasteiger partial charge is 0.149 e. The SMILES string of the molecule is CCCNCCc1nnc(-c2cc(F)ccc2Br)s1. The zero-order valence-electron chi connectivity index (χ0n) is 10.6. The molecule has 0 spiro atoms. The molecule has 2 aromatic rings. The molecule has 0 radical (unpaired) electrons. The first-order chi connectivity index (χ1) is 9.20. The molecule has 0 saturated heterocycles. The average molecular weight is 344 g/mol. The number of rotatable bonds is 6. The van der Waals surface area contributed by atoms with Gasteiger partial charge in [-0.15, -0.1) is 10.2 Å². The summed E-state index contributed by atoms with van der Waals surface area (Å²) in [4.78, 5) is 0. The minimum atomic E-state index is -0.264. The van der Waals surface area contributed by atoms with Gasteiger partial charge < -0.3 is 5.32 Å². The first kappa shape index (κ1) is 14.6. The molecule has 0 saturated carbocycles. The Balaban J connectivity index is 2.06.